The minimum Gasteiger partial charge on any atom is -0.482 e. The summed E-state index contributed by atoms with van der Waals surface area (Å²) in [4.78, 5) is 37.4. The number of hydrogen-bond donors (Lipinski definition) is 2. The molecule has 2 N–H and O–H groups in total. The van der Waals surface area contributed by atoms with Crippen molar-refractivity contribution in [3.05, 3.63) is 52.4 Å². The van der Waals surface area contributed by atoms with E-state index < -0.39 is 58.2 Å². The van der Waals surface area contributed by atoms with E-state index in [9.17, 15) is 24.6 Å². The van der Waals surface area contributed by atoms with E-state index in [4.69, 9.17) is 18.6 Å². The summed E-state index contributed by atoms with van der Waals surface area (Å²) < 4.78 is 23.5. The van der Waals surface area contributed by atoms with Gasteiger partial charge >= 0.3 is 17.6 Å². The van der Waals surface area contributed by atoms with Crippen LogP contribution in [0.15, 0.2) is 45.6 Å². The van der Waals surface area contributed by atoms with Gasteiger partial charge in [-0.05, 0) is 37.5 Å². The first-order valence-corrected chi connectivity index (χ1v) is 13.4. The van der Waals surface area contributed by atoms with Crippen LogP contribution in [0.2, 0.25) is 0 Å². The molecule has 8 atom stereocenters. The molecule has 2 fully saturated rings. The van der Waals surface area contributed by atoms with Gasteiger partial charge in [0.25, 0.3) is 0 Å². The van der Waals surface area contributed by atoms with E-state index in [2.05, 4.69) is 0 Å². The molecule has 5 rings (SSSR count). The fourth-order valence-corrected chi connectivity index (χ4v) is 7.75. The number of hydrogen-bond acceptors (Lipinski definition) is 9. The summed E-state index contributed by atoms with van der Waals surface area (Å²) in [5.74, 6) is -1.53. The molecule has 2 aromatic rings. The molecule has 1 aromatic carbocycles. The predicted octanol–water partition coefficient (Wildman–Crippen LogP) is 3.79. The van der Waals surface area contributed by atoms with E-state index in [-0.39, 0.29) is 23.8 Å². The molecule has 2 saturated carbocycles. The molecule has 2 heterocycles. The number of carbonyl (C=O) groups excluding carboxylic acids is 2. The first kappa shape index (κ1) is 27.4. The molecule has 1 aromatic heterocycles. The van der Waals surface area contributed by atoms with Crippen LogP contribution >= 0.6 is 0 Å². The van der Waals surface area contributed by atoms with Crippen LogP contribution in [0.4, 0.5) is 0 Å². The molecule has 0 spiro atoms. The lowest BCUT2D eigenvalue weighted by Crippen LogP contribution is -2.71. The molecule has 0 saturated heterocycles. The van der Waals surface area contributed by atoms with Crippen LogP contribution in [0.3, 0.4) is 0 Å². The molecule has 3 aliphatic rings. The maximum Gasteiger partial charge on any atom is 0.345 e. The van der Waals surface area contributed by atoms with Crippen LogP contribution in [0.1, 0.15) is 65.5 Å². The molecule has 9 heteroatoms. The first-order chi connectivity index (χ1) is 18.3. The third kappa shape index (κ3) is 4.26. The highest BCUT2D eigenvalue weighted by Gasteiger charge is 2.70. The molecule has 2 aliphatic carbocycles. The number of carbonyl (C=O) groups is 2. The van der Waals surface area contributed by atoms with Crippen molar-refractivity contribution in [1.29, 1.82) is 0 Å². The van der Waals surface area contributed by atoms with E-state index in [1.54, 1.807) is 18.2 Å². The number of aliphatic hydroxyl groups is 2. The fourth-order valence-electron chi connectivity index (χ4n) is 7.75. The molecular formula is C30H36O9. The Morgan fingerprint density at radius 3 is 2.41 bits per heavy atom. The smallest absolute Gasteiger partial charge is 0.345 e. The van der Waals surface area contributed by atoms with Gasteiger partial charge in [0.1, 0.15) is 28.8 Å². The van der Waals surface area contributed by atoms with Gasteiger partial charge in [0.15, 0.2) is 0 Å². The van der Waals surface area contributed by atoms with Gasteiger partial charge in [0.05, 0.1) is 18.8 Å². The first-order valence-electron chi connectivity index (χ1n) is 13.4. The molecule has 39 heavy (non-hydrogen) atoms. The van der Waals surface area contributed by atoms with Gasteiger partial charge in [-0.1, -0.05) is 44.2 Å². The predicted molar refractivity (Wildman–Crippen MR) is 140 cm³/mol. The molecule has 0 bridgehead atoms. The lowest BCUT2D eigenvalue weighted by Gasteiger charge is -2.66. The lowest BCUT2D eigenvalue weighted by atomic mass is 9.42. The van der Waals surface area contributed by atoms with Gasteiger partial charge in [0, 0.05) is 36.8 Å². The normalized spacial score (nSPS) is 36.9. The maximum absolute atomic E-state index is 13.3. The van der Waals surface area contributed by atoms with Crippen LogP contribution in [-0.2, 0) is 19.1 Å². The molecule has 0 radical (unpaired) electrons. The molecule has 9 nitrogen and oxygen atoms in total. The van der Waals surface area contributed by atoms with E-state index >= 15 is 0 Å². The van der Waals surface area contributed by atoms with Crippen molar-refractivity contribution in [3.8, 4) is 17.1 Å². The van der Waals surface area contributed by atoms with Gasteiger partial charge in [-0.15, -0.1) is 0 Å². The second kappa shape index (κ2) is 9.48. The molecular weight excluding hydrogens is 504 g/mol. The number of aliphatic hydroxyl groups excluding tert-OH is 2. The third-order valence-corrected chi connectivity index (χ3v) is 9.57. The van der Waals surface area contributed by atoms with Crippen molar-refractivity contribution in [2.24, 2.45) is 22.7 Å². The van der Waals surface area contributed by atoms with Gasteiger partial charge < -0.3 is 28.8 Å². The summed E-state index contributed by atoms with van der Waals surface area (Å²) in [6.45, 7) is 8.28. The third-order valence-electron chi connectivity index (χ3n) is 9.57. The van der Waals surface area contributed by atoms with Crippen LogP contribution in [0, 0.1) is 22.7 Å². The van der Waals surface area contributed by atoms with Crippen LogP contribution in [0.5, 0.6) is 5.75 Å². The fraction of sp³-hybridized carbons (Fsp3) is 0.567. The van der Waals surface area contributed by atoms with E-state index in [0.29, 0.717) is 30.6 Å². The Kier molecular flexibility index (Phi) is 6.66. The van der Waals surface area contributed by atoms with Crippen molar-refractivity contribution in [2.75, 3.05) is 6.61 Å². The Hall–Kier alpha value is -3.17. The average Bonchev–Trinajstić information content (AvgIpc) is 2.86. The zero-order chi connectivity index (χ0) is 28.3. The number of esters is 2. The second-order valence-electron chi connectivity index (χ2n) is 12.0. The highest BCUT2D eigenvalue weighted by Crippen LogP contribution is 2.67. The number of rotatable bonds is 4. The van der Waals surface area contributed by atoms with Gasteiger partial charge in [-0.25, -0.2) is 4.79 Å². The monoisotopic (exact) mass is 540 g/mol. The molecule has 8 unspecified atom stereocenters. The Bertz CT molecular complexity index is 1340. The Balaban J connectivity index is 1.66. The van der Waals surface area contributed by atoms with Crippen molar-refractivity contribution in [1.82, 2.24) is 0 Å². The highest BCUT2D eigenvalue weighted by atomic mass is 16.6. The van der Waals surface area contributed by atoms with Crippen LogP contribution in [-0.4, -0.2) is 46.6 Å². The summed E-state index contributed by atoms with van der Waals surface area (Å²) in [5.41, 5.74) is -2.77. The van der Waals surface area contributed by atoms with E-state index in [0.717, 1.165) is 0 Å². The van der Waals surface area contributed by atoms with Gasteiger partial charge in [-0.2, -0.15) is 0 Å². The minimum absolute atomic E-state index is 0.0217. The summed E-state index contributed by atoms with van der Waals surface area (Å²) in [6.07, 6.45) is -1.66. The standard InChI is InChI=1S/C30H36O9/c1-16(31)36-15-29(4)21-14-23(37-17(2)32)30(5)26(28(21,3)12-11-22(29)33)25(34)24-20(39-30)13-19(38-27(24)35)18-9-7-6-8-10-18/h6-10,13,21-23,25-26,33-34H,11-12,14-15H2,1-5H3. The molecule has 1 aliphatic heterocycles. The minimum atomic E-state index is -1.29. The van der Waals surface area contributed by atoms with Crippen molar-refractivity contribution in [2.45, 2.75) is 77.8 Å². The van der Waals surface area contributed by atoms with Crippen molar-refractivity contribution < 1.29 is 38.4 Å². The van der Waals surface area contributed by atoms with Gasteiger partial charge in [0.2, 0.25) is 0 Å². The quantitative estimate of drug-likeness (QED) is 0.556. The van der Waals surface area contributed by atoms with E-state index in [1.807, 2.05) is 39.0 Å². The SMILES string of the molecule is CC(=O)OCC1(C)C(O)CCC2(C)C1CC(OC(C)=O)C1(C)Oc3cc(-c4ccccc4)oc(=O)c3C(O)C21. The summed E-state index contributed by atoms with van der Waals surface area (Å²) in [7, 11) is 0. The average molecular weight is 541 g/mol. The highest BCUT2D eigenvalue weighted by molar-refractivity contribution is 5.66. The Morgan fingerprint density at radius 1 is 1.08 bits per heavy atom. The zero-order valence-corrected chi connectivity index (χ0v) is 22.9. The number of ether oxygens (including phenoxy) is 3. The summed E-state index contributed by atoms with van der Waals surface area (Å²) in [5, 5.41) is 23.1. The number of fused-ring (bicyclic) bond motifs is 4. The topological polar surface area (TPSA) is 132 Å². The maximum atomic E-state index is 13.3. The van der Waals surface area contributed by atoms with Crippen LogP contribution in [0.25, 0.3) is 11.3 Å². The lowest BCUT2D eigenvalue weighted by molar-refractivity contribution is -0.269. The van der Waals surface area contributed by atoms with E-state index in [1.165, 1.54) is 13.8 Å². The number of benzene rings is 1. The Labute approximate surface area is 227 Å². The van der Waals surface area contributed by atoms with Crippen molar-refractivity contribution >= 4 is 11.9 Å². The van der Waals surface area contributed by atoms with Gasteiger partial charge in [-0.3, -0.25) is 9.59 Å². The summed E-state index contributed by atoms with van der Waals surface area (Å²) >= 11 is 0. The largest absolute Gasteiger partial charge is 0.482 e. The van der Waals surface area contributed by atoms with Crippen LogP contribution < -0.4 is 10.4 Å². The Morgan fingerprint density at radius 2 is 1.77 bits per heavy atom. The second-order valence-corrected chi connectivity index (χ2v) is 12.0. The summed E-state index contributed by atoms with van der Waals surface area (Å²) in [6, 6.07) is 10.7. The zero-order valence-electron chi connectivity index (χ0n) is 22.9. The molecule has 0 amide bonds. The van der Waals surface area contributed by atoms with Crippen molar-refractivity contribution in [3.63, 3.8) is 0 Å². The molecule has 210 valence electrons.